The summed E-state index contributed by atoms with van der Waals surface area (Å²) >= 11 is 11.9. The van der Waals surface area contributed by atoms with Crippen LogP contribution in [0.5, 0.6) is 0 Å². The van der Waals surface area contributed by atoms with Crippen LogP contribution in [0.1, 0.15) is 17.3 Å². The van der Waals surface area contributed by atoms with Gasteiger partial charge in [-0.25, -0.2) is 4.39 Å². The van der Waals surface area contributed by atoms with Gasteiger partial charge in [-0.15, -0.1) is 0 Å². The molecular weight excluding hydrogens is 369 g/mol. The largest absolute Gasteiger partial charge is 0.348 e. The van der Waals surface area contributed by atoms with Crippen molar-refractivity contribution in [1.82, 2.24) is 9.47 Å². The summed E-state index contributed by atoms with van der Waals surface area (Å²) in [5.41, 5.74) is 2.90. The molecule has 26 heavy (non-hydrogen) atoms. The molecule has 0 radical (unpaired) electrons. The number of hydrogen-bond acceptors (Lipinski definition) is 1. The van der Waals surface area contributed by atoms with E-state index in [1.807, 2.05) is 42.5 Å². The second-order valence-corrected chi connectivity index (χ2v) is 6.98. The second kappa shape index (κ2) is 7.09. The molecule has 0 saturated heterocycles. The van der Waals surface area contributed by atoms with Crippen LogP contribution in [-0.4, -0.2) is 21.1 Å². The van der Waals surface area contributed by atoms with E-state index < -0.39 is 0 Å². The zero-order chi connectivity index (χ0) is 18.1. The van der Waals surface area contributed by atoms with Crippen LogP contribution < -0.4 is 5.32 Å². The summed E-state index contributed by atoms with van der Waals surface area (Å²) in [5.74, 6) is -0.247. The van der Waals surface area contributed by atoms with Gasteiger partial charge in [0, 0.05) is 25.0 Å². The maximum Gasteiger partial charge on any atom is 0.174 e. The van der Waals surface area contributed by atoms with Crippen molar-refractivity contribution in [1.29, 1.82) is 0 Å². The quantitative estimate of drug-likeness (QED) is 0.621. The van der Waals surface area contributed by atoms with Crippen molar-refractivity contribution in [3.8, 4) is 0 Å². The number of hydrogen-bond donors (Lipinski definition) is 1. The SMILES string of the molecule is Fc1ccc(C2c3cccn3CCN2C(=S)Nc2ccccc2Cl)cc1. The molecule has 2 aromatic carbocycles. The molecule has 1 N–H and O–H groups in total. The predicted octanol–water partition coefficient (Wildman–Crippen LogP) is 5.08. The Morgan fingerprint density at radius 2 is 1.81 bits per heavy atom. The third kappa shape index (κ3) is 3.20. The fourth-order valence-corrected chi connectivity index (χ4v) is 3.84. The summed E-state index contributed by atoms with van der Waals surface area (Å²) in [6.07, 6.45) is 2.06. The zero-order valence-electron chi connectivity index (χ0n) is 13.9. The summed E-state index contributed by atoms with van der Waals surface area (Å²) in [5, 5.41) is 4.47. The van der Waals surface area contributed by atoms with Crippen LogP contribution in [0.4, 0.5) is 10.1 Å². The number of fused-ring (bicyclic) bond motifs is 1. The zero-order valence-corrected chi connectivity index (χ0v) is 15.5. The molecule has 1 atom stereocenters. The van der Waals surface area contributed by atoms with Gasteiger partial charge in [-0.05, 0) is 54.2 Å². The number of para-hydroxylation sites is 1. The Morgan fingerprint density at radius 1 is 1.04 bits per heavy atom. The van der Waals surface area contributed by atoms with Crippen LogP contribution in [0.3, 0.4) is 0 Å². The summed E-state index contributed by atoms with van der Waals surface area (Å²) in [7, 11) is 0. The summed E-state index contributed by atoms with van der Waals surface area (Å²) in [6, 6.07) is 18.1. The molecule has 0 fully saturated rings. The van der Waals surface area contributed by atoms with Crippen molar-refractivity contribution < 1.29 is 4.39 Å². The predicted molar refractivity (Wildman–Crippen MR) is 107 cm³/mol. The van der Waals surface area contributed by atoms with Gasteiger partial charge in [0.15, 0.2) is 5.11 Å². The number of nitrogens with one attached hydrogen (secondary N) is 1. The molecule has 132 valence electrons. The molecule has 1 unspecified atom stereocenters. The second-order valence-electron chi connectivity index (χ2n) is 6.18. The van der Waals surface area contributed by atoms with Crippen molar-refractivity contribution in [3.05, 3.63) is 89.0 Å². The number of anilines is 1. The lowest BCUT2D eigenvalue weighted by Gasteiger charge is -2.39. The molecule has 6 heteroatoms. The Labute approximate surface area is 162 Å². The van der Waals surface area contributed by atoms with Gasteiger partial charge in [-0.1, -0.05) is 35.9 Å². The minimum Gasteiger partial charge on any atom is -0.348 e. The normalized spacial score (nSPS) is 16.2. The highest BCUT2D eigenvalue weighted by Gasteiger charge is 2.30. The fourth-order valence-electron chi connectivity index (χ4n) is 3.35. The molecule has 2 heterocycles. The van der Waals surface area contributed by atoms with E-state index >= 15 is 0 Å². The van der Waals surface area contributed by atoms with E-state index in [9.17, 15) is 4.39 Å². The van der Waals surface area contributed by atoms with Gasteiger partial charge in [0.2, 0.25) is 0 Å². The Bertz CT molecular complexity index is 938. The van der Waals surface area contributed by atoms with Crippen LogP contribution in [-0.2, 0) is 6.54 Å². The smallest absolute Gasteiger partial charge is 0.174 e. The number of rotatable bonds is 2. The van der Waals surface area contributed by atoms with Crippen molar-refractivity contribution in [2.24, 2.45) is 0 Å². The first-order chi connectivity index (χ1) is 12.6. The van der Waals surface area contributed by atoms with Crippen LogP contribution in [0.2, 0.25) is 5.02 Å². The Morgan fingerprint density at radius 3 is 2.58 bits per heavy atom. The van der Waals surface area contributed by atoms with E-state index in [1.54, 1.807) is 0 Å². The van der Waals surface area contributed by atoms with E-state index in [1.165, 1.54) is 12.1 Å². The third-order valence-corrected chi connectivity index (χ3v) is 5.27. The average Bonchev–Trinajstić information content (AvgIpc) is 3.12. The molecule has 1 aromatic heterocycles. The lowest BCUT2D eigenvalue weighted by Crippen LogP contribution is -2.44. The highest BCUT2D eigenvalue weighted by molar-refractivity contribution is 7.80. The molecule has 3 aromatic rings. The van der Waals surface area contributed by atoms with Gasteiger partial charge in [-0.2, -0.15) is 0 Å². The maximum atomic E-state index is 13.4. The lowest BCUT2D eigenvalue weighted by atomic mass is 10.0. The van der Waals surface area contributed by atoms with Crippen molar-refractivity contribution in [2.45, 2.75) is 12.6 Å². The molecule has 0 bridgehead atoms. The average molecular weight is 386 g/mol. The minimum atomic E-state index is -0.247. The third-order valence-electron chi connectivity index (χ3n) is 4.60. The van der Waals surface area contributed by atoms with Crippen molar-refractivity contribution in [3.63, 3.8) is 0 Å². The van der Waals surface area contributed by atoms with Crippen LogP contribution in [0, 0.1) is 5.82 Å². The van der Waals surface area contributed by atoms with Gasteiger partial charge < -0.3 is 14.8 Å². The topological polar surface area (TPSA) is 20.2 Å². The number of thiocarbonyl (C=S) groups is 1. The number of benzene rings is 2. The number of halogens is 2. The van der Waals surface area contributed by atoms with Crippen molar-refractivity contribution in [2.75, 3.05) is 11.9 Å². The first-order valence-corrected chi connectivity index (χ1v) is 9.15. The molecule has 3 nitrogen and oxygen atoms in total. The van der Waals surface area contributed by atoms with Gasteiger partial charge >= 0.3 is 0 Å². The molecule has 0 amide bonds. The maximum absolute atomic E-state index is 13.4. The molecule has 1 aliphatic heterocycles. The highest BCUT2D eigenvalue weighted by atomic mass is 35.5. The van der Waals surface area contributed by atoms with Crippen molar-refractivity contribution >= 4 is 34.6 Å². The van der Waals surface area contributed by atoms with Gasteiger partial charge in [0.25, 0.3) is 0 Å². The minimum absolute atomic E-state index is 0.0816. The standard InChI is InChI=1S/C20H17ClFN3S/c21-16-4-1-2-5-17(16)23-20(26)25-13-12-24-11-3-6-18(24)19(25)14-7-9-15(22)10-8-14/h1-11,19H,12-13H2,(H,23,26). The van der Waals surface area contributed by atoms with E-state index in [4.69, 9.17) is 23.8 Å². The number of aromatic nitrogens is 1. The van der Waals surface area contributed by atoms with Gasteiger partial charge in [-0.3, -0.25) is 0 Å². The van der Waals surface area contributed by atoms with E-state index in [2.05, 4.69) is 27.0 Å². The number of nitrogens with zero attached hydrogens (tertiary/aromatic N) is 2. The Balaban J connectivity index is 1.68. The highest BCUT2D eigenvalue weighted by Crippen LogP contribution is 2.33. The molecular formula is C20H17ClFN3S. The molecule has 0 saturated carbocycles. The summed E-state index contributed by atoms with van der Waals surface area (Å²) < 4.78 is 15.6. The molecule has 0 aliphatic carbocycles. The first kappa shape index (κ1) is 17.1. The lowest BCUT2D eigenvalue weighted by molar-refractivity contribution is 0.293. The Hall–Kier alpha value is -2.37. The molecule has 0 spiro atoms. The molecule has 1 aliphatic rings. The fraction of sp³-hybridized carbons (Fsp3) is 0.150. The summed E-state index contributed by atoms with van der Waals surface area (Å²) in [4.78, 5) is 2.13. The van der Waals surface area contributed by atoms with Gasteiger partial charge in [0.05, 0.1) is 16.8 Å². The molecule has 4 rings (SSSR count). The van der Waals surface area contributed by atoms with Crippen LogP contribution in [0.15, 0.2) is 66.9 Å². The van der Waals surface area contributed by atoms with E-state index in [-0.39, 0.29) is 11.9 Å². The summed E-state index contributed by atoms with van der Waals surface area (Å²) in [6.45, 7) is 1.59. The van der Waals surface area contributed by atoms with E-state index in [0.29, 0.717) is 10.1 Å². The van der Waals surface area contributed by atoms with E-state index in [0.717, 1.165) is 30.0 Å². The monoisotopic (exact) mass is 385 g/mol. The van der Waals surface area contributed by atoms with Crippen LogP contribution in [0.25, 0.3) is 0 Å². The Kier molecular flexibility index (Phi) is 4.66. The van der Waals surface area contributed by atoms with Crippen LogP contribution >= 0.6 is 23.8 Å². The first-order valence-electron chi connectivity index (χ1n) is 8.36. The van der Waals surface area contributed by atoms with Gasteiger partial charge in [0.1, 0.15) is 5.82 Å².